The summed E-state index contributed by atoms with van der Waals surface area (Å²) in [6.07, 6.45) is -2.40. The molecule has 110 valence electrons. The molecule has 2 N–H and O–H groups in total. The van der Waals surface area contributed by atoms with E-state index in [1.54, 1.807) is 0 Å². The summed E-state index contributed by atoms with van der Waals surface area (Å²) in [4.78, 5) is 12.0. The average Bonchev–Trinajstić information content (AvgIpc) is 2.40. The Hall–Kier alpha value is -1.56. The van der Waals surface area contributed by atoms with Gasteiger partial charge < -0.3 is 10.4 Å². The molecule has 2 unspecified atom stereocenters. The van der Waals surface area contributed by atoms with E-state index < -0.39 is 35.4 Å². The molecule has 0 bridgehead atoms. The SMILES string of the molecule is O=C(NC1CCCCC1O)c1ccccc1C(F)(F)F. The Morgan fingerprint density at radius 2 is 1.85 bits per heavy atom. The molecule has 1 aliphatic rings. The number of amides is 1. The lowest BCUT2D eigenvalue weighted by molar-refractivity contribution is -0.137. The first-order valence-electron chi connectivity index (χ1n) is 6.55. The van der Waals surface area contributed by atoms with Gasteiger partial charge in [0.05, 0.1) is 23.3 Å². The lowest BCUT2D eigenvalue weighted by atomic mass is 9.92. The van der Waals surface area contributed by atoms with Gasteiger partial charge in [0.2, 0.25) is 0 Å². The van der Waals surface area contributed by atoms with Crippen molar-refractivity contribution >= 4 is 5.91 Å². The number of hydrogen-bond acceptors (Lipinski definition) is 2. The standard InChI is InChI=1S/C14H16F3NO2/c15-14(16,17)10-6-2-1-5-9(10)13(20)18-11-7-3-4-8-12(11)19/h1-2,5-6,11-12,19H,3-4,7-8H2,(H,18,20). The maximum Gasteiger partial charge on any atom is 0.417 e. The molecular formula is C14H16F3NO2. The van der Waals surface area contributed by atoms with Gasteiger partial charge in [0.15, 0.2) is 0 Å². The number of halogens is 3. The van der Waals surface area contributed by atoms with Gasteiger partial charge in [0.1, 0.15) is 0 Å². The molecule has 0 heterocycles. The number of carbonyl (C=O) groups excluding carboxylic acids is 1. The lowest BCUT2D eigenvalue weighted by Gasteiger charge is -2.28. The van der Waals surface area contributed by atoms with Crippen LogP contribution < -0.4 is 5.32 Å². The van der Waals surface area contributed by atoms with Crippen LogP contribution in [-0.4, -0.2) is 23.2 Å². The highest BCUT2D eigenvalue weighted by atomic mass is 19.4. The second-order valence-corrected chi connectivity index (χ2v) is 4.98. The van der Waals surface area contributed by atoms with E-state index in [0.29, 0.717) is 12.8 Å². The van der Waals surface area contributed by atoms with Crippen molar-refractivity contribution in [2.24, 2.45) is 0 Å². The summed E-state index contributed by atoms with van der Waals surface area (Å²) in [6, 6.07) is 4.19. The summed E-state index contributed by atoms with van der Waals surface area (Å²) in [5.74, 6) is -0.788. The number of carbonyl (C=O) groups is 1. The first kappa shape index (κ1) is 14.8. The summed E-state index contributed by atoms with van der Waals surface area (Å²) in [5.41, 5.74) is -1.36. The lowest BCUT2D eigenvalue weighted by Crippen LogP contribution is -2.45. The Labute approximate surface area is 114 Å². The van der Waals surface area contributed by atoms with Crippen molar-refractivity contribution in [1.29, 1.82) is 0 Å². The maximum atomic E-state index is 12.8. The third kappa shape index (κ3) is 3.30. The Kier molecular flexibility index (Phi) is 4.32. The number of hydrogen-bond donors (Lipinski definition) is 2. The molecule has 1 fully saturated rings. The minimum atomic E-state index is -4.57. The fourth-order valence-electron chi connectivity index (χ4n) is 2.45. The number of alkyl halides is 3. The van der Waals surface area contributed by atoms with Crippen LogP contribution in [0.25, 0.3) is 0 Å². The third-order valence-electron chi connectivity index (χ3n) is 3.52. The molecule has 2 rings (SSSR count). The van der Waals surface area contributed by atoms with Gasteiger partial charge in [-0.1, -0.05) is 25.0 Å². The highest BCUT2D eigenvalue weighted by Gasteiger charge is 2.35. The number of nitrogens with one attached hydrogen (secondary N) is 1. The van der Waals surface area contributed by atoms with E-state index in [9.17, 15) is 23.1 Å². The van der Waals surface area contributed by atoms with E-state index in [2.05, 4.69) is 5.32 Å². The molecule has 20 heavy (non-hydrogen) atoms. The van der Waals surface area contributed by atoms with E-state index in [0.717, 1.165) is 25.0 Å². The summed E-state index contributed by atoms with van der Waals surface area (Å²) >= 11 is 0. The maximum absolute atomic E-state index is 12.8. The van der Waals surface area contributed by atoms with Crippen LogP contribution in [0.3, 0.4) is 0 Å². The van der Waals surface area contributed by atoms with E-state index in [4.69, 9.17) is 0 Å². The van der Waals surface area contributed by atoms with Crippen LogP contribution in [0.2, 0.25) is 0 Å². The van der Waals surface area contributed by atoms with Crippen LogP contribution in [-0.2, 0) is 6.18 Å². The molecule has 1 aromatic carbocycles. The highest BCUT2D eigenvalue weighted by molar-refractivity contribution is 5.96. The van der Waals surface area contributed by atoms with Crippen LogP contribution in [0.1, 0.15) is 41.6 Å². The number of aliphatic hydroxyl groups is 1. The molecule has 3 nitrogen and oxygen atoms in total. The van der Waals surface area contributed by atoms with Crippen molar-refractivity contribution in [3.63, 3.8) is 0 Å². The van der Waals surface area contributed by atoms with Crippen molar-refractivity contribution in [1.82, 2.24) is 5.32 Å². The number of rotatable bonds is 2. The van der Waals surface area contributed by atoms with Crippen molar-refractivity contribution in [3.05, 3.63) is 35.4 Å². The van der Waals surface area contributed by atoms with Crippen molar-refractivity contribution < 1.29 is 23.1 Å². The molecular weight excluding hydrogens is 271 g/mol. The normalized spacial score (nSPS) is 23.4. The zero-order valence-electron chi connectivity index (χ0n) is 10.8. The van der Waals surface area contributed by atoms with E-state index >= 15 is 0 Å². The van der Waals surface area contributed by atoms with Crippen LogP contribution in [0.4, 0.5) is 13.2 Å². The van der Waals surface area contributed by atoms with Crippen molar-refractivity contribution in [3.8, 4) is 0 Å². The predicted molar refractivity (Wildman–Crippen MR) is 67.2 cm³/mol. The summed E-state index contributed by atoms with van der Waals surface area (Å²) in [5, 5.41) is 12.3. The van der Waals surface area contributed by atoms with Crippen molar-refractivity contribution in [2.45, 2.75) is 44.0 Å². The molecule has 1 saturated carbocycles. The molecule has 0 radical (unpaired) electrons. The van der Waals surface area contributed by atoms with E-state index in [-0.39, 0.29) is 0 Å². The van der Waals surface area contributed by atoms with Gasteiger partial charge in [-0.25, -0.2) is 0 Å². The molecule has 1 aliphatic carbocycles. The first-order chi connectivity index (χ1) is 9.39. The molecule has 6 heteroatoms. The zero-order chi connectivity index (χ0) is 14.8. The Morgan fingerprint density at radius 3 is 2.50 bits per heavy atom. The Bertz CT molecular complexity index is 488. The van der Waals surface area contributed by atoms with Crippen LogP contribution in [0, 0.1) is 0 Å². The largest absolute Gasteiger partial charge is 0.417 e. The minimum Gasteiger partial charge on any atom is -0.391 e. The highest BCUT2D eigenvalue weighted by Crippen LogP contribution is 2.32. The summed E-state index contributed by atoms with van der Waals surface area (Å²) in [6.45, 7) is 0. The molecule has 0 aliphatic heterocycles. The average molecular weight is 287 g/mol. The van der Waals surface area contributed by atoms with Crippen molar-refractivity contribution in [2.75, 3.05) is 0 Å². The van der Waals surface area contributed by atoms with Gasteiger partial charge in [-0.05, 0) is 25.0 Å². The van der Waals surface area contributed by atoms with Gasteiger partial charge in [-0.3, -0.25) is 4.79 Å². The van der Waals surface area contributed by atoms with Crippen LogP contribution in [0.5, 0.6) is 0 Å². The van der Waals surface area contributed by atoms with Gasteiger partial charge in [0.25, 0.3) is 5.91 Å². The van der Waals surface area contributed by atoms with E-state index in [1.807, 2.05) is 0 Å². The molecule has 0 saturated heterocycles. The third-order valence-corrected chi connectivity index (χ3v) is 3.52. The molecule has 0 aromatic heterocycles. The van der Waals surface area contributed by atoms with Crippen LogP contribution >= 0.6 is 0 Å². The summed E-state index contributed by atoms with van der Waals surface area (Å²) in [7, 11) is 0. The molecule has 0 spiro atoms. The van der Waals surface area contributed by atoms with E-state index in [1.165, 1.54) is 12.1 Å². The summed E-state index contributed by atoms with van der Waals surface area (Å²) < 4.78 is 38.5. The quantitative estimate of drug-likeness (QED) is 0.878. The Morgan fingerprint density at radius 1 is 1.20 bits per heavy atom. The number of benzene rings is 1. The van der Waals surface area contributed by atoms with Crippen LogP contribution in [0.15, 0.2) is 24.3 Å². The fraction of sp³-hybridized carbons (Fsp3) is 0.500. The topological polar surface area (TPSA) is 49.3 Å². The molecule has 1 amide bonds. The Balaban J connectivity index is 2.17. The van der Waals surface area contributed by atoms with Gasteiger partial charge in [0, 0.05) is 0 Å². The second kappa shape index (κ2) is 5.83. The number of aliphatic hydroxyl groups excluding tert-OH is 1. The minimum absolute atomic E-state index is 0.405. The monoisotopic (exact) mass is 287 g/mol. The van der Waals surface area contributed by atoms with Gasteiger partial charge >= 0.3 is 6.18 Å². The molecule has 2 atom stereocenters. The zero-order valence-corrected chi connectivity index (χ0v) is 10.8. The fourth-order valence-corrected chi connectivity index (χ4v) is 2.45. The second-order valence-electron chi connectivity index (χ2n) is 4.98. The first-order valence-corrected chi connectivity index (χ1v) is 6.55. The van der Waals surface area contributed by atoms with Gasteiger partial charge in [-0.15, -0.1) is 0 Å². The smallest absolute Gasteiger partial charge is 0.391 e. The predicted octanol–water partition coefficient (Wildman–Crippen LogP) is 2.74. The van der Waals surface area contributed by atoms with Gasteiger partial charge in [-0.2, -0.15) is 13.2 Å². The molecule has 1 aromatic rings.